The van der Waals surface area contributed by atoms with Crippen LogP contribution >= 0.6 is 0 Å². The van der Waals surface area contributed by atoms with Crippen LogP contribution in [0, 0.1) is 12.3 Å². The van der Waals surface area contributed by atoms with Crippen LogP contribution < -0.4 is 10.1 Å². The summed E-state index contributed by atoms with van der Waals surface area (Å²) >= 11 is 0. The second kappa shape index (κ2) is 6.04. The minimum absolute atomic E-state index is 0.236. The van der Waals surface area contributed by atoms with Crippen molar-refractivity contribution >= 4 is 0 Å². The number of benzene rings is 1. The van der Waals surface area contributed by atoms with Crippen molar-refractivity contribution in [1.29, 1.82) is 0 Å². The van der Waals surface area contributed by atoms with Gasteiger partial charge in [0.1, 0.15) is 11.5 Å². The predicted octanol–water partition coefficient (Wildman–Crippen LogP) is 1.90. The number of terminal acetylenes is 1. The van der Waals surface area contributed by atoms with E-state index in [9.17, 15) is 5.11 Å². The molecule has 1 unspecified atom stereocenters. The Morgan fingerprint density at radius 2 is 2.31 bits per heavy atom. The number of phenolic OH excluding ortho intramolecular Hbond substituents is 1. The zero-order valence-electron chi connectivity index (χ0n) is 9.66. The maximum Gasteiger partial charge on any atom is 0.123 e. The normalized spacial score (nSPS) is 11.8. The Balaban J connectivity index is 2.58. The smallest absolute Gasteiger partial charge is 0.123 e. The van der Waals surface area contributed by atoms with Crippen molar-refractivity contribution in [1.82, 2.24) is 5.32 Å². The largest absolute Gasteiger partial charge is 0.507 e. The molecule has 1 atom stereocenters. The lowest BCUT2D eigenvalue weighted by molar-refractivity contribution is 0.405. The van der Waals surface area contributed by atoms with Gasteiger partial charge in [-0.1, -0.05) is 6.07 Å². The summed E-state index contributed by atoms with van der Waals surface area (Å²) in [5.41, 5.74) is 0.838. The standard InChI is InChI=1S/C13H17NO2/c1-4-5-10(2)14-9-11-6-7-12(16-3)8-13(11)15/h1,6-8,10,14-15H,5,9H2,2-3H3. The number of rotatable bonds is 5. The summed E-state index contributed by atoms with van der Waals surface area (Å²) in [6.45, 7) is 2.61. The van der Waals surface area contributed by atoms with Gasteiger partial charge >= 0.3 is 0 Å². The lowest BCUT2D eigenvalue weighted by Gasteiger charge is -2.12. The topological polar surface area (TPSA) is 41.5 Å². The lowest BCUT2D eigenvalue weighted by Crippen LogP contribution is -2.24. The Labute approximate surface area is 96.4 Å². The molecule has 1 aromatic rings. The number of ether oxygens (including phenoxy) is 1. The first-order valence-electron chi connectivity index (χ1n) is 5.20. The van der Waals surface area contributed by atoms with Gasteiger partial charge in [0.15, 0.2) is 0 Å². The number of hydrogen-bond donors (Lipinski definition) is 2. The van der Waals surface area contributed by atoms with Gasteiger partial charge in [0, 0.05) is 30.6 Å². The van der Waals surface area contributed by atoms with E-state index in [2.05, 4.69) is 11.2 Å². The van der Waals surface area contributed by atoms with E-state index in [0.29, 0.717) is 18.7 Å². The Kier molecular flexibility index (Phi) is 4.68. The van der Waals surface area contributed by atoms with E-state index in [4.69, 9.17) is 11.2 Å². The van der Waals surface area contributed by atoms with Crippen LogP contribution in [0.15, 0.2) is 18.2 Å². The Hall–Kier alpha value is -1.66. The molecule has 0 fully saturated rings. The van der Waals surface area contributed by atoms with Crippen molar-refractivity contribution in [2.24, 2.45) is 0 Å². The number of methoxy groups -OCH3 is 1. The molecule has 3 heteroatoms. The van der Waals surface area contributed by atoms with Gasteiger partial charge in [-0.15, -0.1) is 12.3 Å². The molecule has 0 aliphatic heterocycles. The van der Waals surface area contributed by atoms with E-state index in [1.54, 1.807) is 13.2 Å². The van der Waals surface area contributed by atoms with Gasteiger partial charge in [0.2, 0.25) is 0 Å². The third-order valence-corrected chi connectivity index (χ3v) is 2.36. The fourth-order valence-corrected chi connectivity index (χ4v) is 1.35. The molecule has 1 rings (SSSR count). The summed E-state index contributed by atoms with van der Waals surface area (Å²) in [4.78, 5) is 0. The maximum absolute atomic E-state index is 9.70. The molecule has 1 aromatic carbocycles. The van der Waals surface area contributed by atoms with Gasteiger partial charge in [-0.05, 0) is 13.0 Å². The summed E-state index contributed by atoms with van der Waals surface area (Å²) in [6.07, 6.45) is 5.89. The van der Waals surface area contributed by atoms with E-state index in [1.807, 2.05) is 19.1 Å². The first-order valence-corrected chi connectivity index (χ1v) is 5.20. The molecule has 0 aromatic heterocycles. The van der Waals surface area contributed by atoms with Crippen LogP contribution in [0.5, 0.6) is 11.5 Å². The fourth-order valence-electron chi connectivity index (χ4n) is 1.35. The minimum Gasteiger partial charge on any atom is -0.507 e. The fraction of sp³-hybridized carbons (Fsp3) is 0.385. The number of hydrogen-bond acceptors (Lipinski definition) is 3. The molecule has 0 aliphatic carbocycles. The van der Waals surface area contributed by atoms with Crippen LogP contribution in [0.1, 0.15) is 18.9 Å². The SMILES string of the molecule is C#CCC(C)NCc1ccc(OC)cc1O. The van der Waals surface area contributed by atoms with Gasteiger partial charge in [-0.2, -0.15) is 0 Å². The van der Waals surface area contributed by atoms with Gasteiger partial charge in [-0.25, -0.2) is 0 Å². The van der Waals surface area contributed by atoms with Crippen LogP contribution in [0.25, 0.3) is 0 Å². The molecule has 3 nitrogen and oxygen atoms in total. The number of phenols is 1. The monoisotopic (exact) mass is 219 g/mol. The molecular weight excluding hydrogens is 202 g/mol. The highest BCUT2D eigenvalue weighted by atomic mass is 16.5. The summed E-state index contributed by atoms with van der Waals surface area (Å²) < 4.78 is 5.01. The Morgan fingerprint density at radius 1 is 1.56 bits per heavy atom. The average Bonchev–Trinajstić information content (AvgIpc) is 2.27. The molecule has 0 radical (unpaired) electrons. The molecule has 0 heterocycles. The van der Waals surface area contributed by atoms with Crippen molar-refractivity contribution in [3.05, 3.63) is 23.8 Å². The molecule has 86 valence electrons. The molecule has 0 bridgehead atoms. The van der Waals surface area contributed by atoms with Crippen LogP contribution in [0.3, 0.4) is 0 Å². The van der Waals surface area contributed by atoms with Crippen molar-refractivity contribution in [3.63, 3.8) is 0 Å². The van der Waals surface area contributed by atoms with E-state index in [-0.39, 0.29) is 11.8 Å². The summed E-state index contributed by atoms with van der Waals surface area (Å²) in [5, 5.41) is 12.9. The summed E-state index contributed by atoms with van der Waals surface area (Å²) in [6, 6.07) is 5.50. The molecule has 0 aliphatic rings. The van der Waals surface area contributed by atoms with Gasteiger partial charge < -0.3 is 15.2 Å². The van der Waals surface area contributed by atoms with E-state index in [1.165, 1.54) is 0 Å². The molecule has 16 heavy (non-hydrogen) atoms. The quantitative estimate of drug-likeness (QED) is 0.743. The van der Waals surface area contributed by atoms with Crippen LogP contribution in [0.4, 0.5) is 0 Å². The maximum atomic E-state index is 9.70. The first-order chi connectivity index (χ1) is 7.67. The van der Waals surface area contributed by atoms with Crippen molar-refractivity contribution < 1.29 is 9.84 Å². The highest BCUT2D eigenvalue weighted by Crippen LogP contribution is 2.23. The van der Waals surface area contributed by atoms with Gasteiger partial charge in [-0.3, -0.25) is 0 Å². The number of nitrogens with one attached hydrogen (secondary N) is 1. The minimum atomic E-state index is 0.236. The van der Waals surface area contributed by atoms with E-state index < -0.39 is 0 Å². The second-order valence-electron chi connectivity index (χ2n) is 3.68. The summed E-state index contributed by atoms with van der Waals surface area (Å²) in [7, 11) is 1.57. The van der Waals surface area contributed by atoms with Crippen LogP contribution in [-0.2, 0) is 6.54 Å². The zero-order chi connectivity index (χ0) is 12.0. The molecular formula is C13H17NO2. The first kappa shape index (κ1) is 12.4. The van der Waals surface area contributed by atoms with Crippen molar-refractivity contribution in [2.45, 2.75) is 25.9 Å². The Bertz CT molecular complexity index is 382. The van der Waals surface area contributed by atoms with E-state index in [0.717, 1.165) is 5.56 Å². The van der Waals surface area contributed by atoms with Gasteiger partial charge in [0.25, 0.3) is 0 Å². The van der Waals surface area contributed by atoms with Crippen molar-refractivity contribution in [2.75, 3.05) is 7.11 Å². The van der Waals surface area contributed by atoms with Crippen LogP contribution in [-0.4, -0.2) is 18.3 Å². The number of aromatic hydroxyl groups is 1. The molecule has 2 N–H and O–H groups in total. The van der Waals surface area contributed by atoms with E-state index >= 15 is 0 Å². The molecule has 0 amide bonds. The van der Waals surface area contributed by atoms with Crippen molar-refractivity contribution in [3.8, 4) is 23.8 Å². The molecule has 0 saturated carbocycles. The lowest BCUT2D eigenvalue weighted by atomic mass is 10.1. The molecule has 0 saturated heterocycles. The third kappa shape index (κ3) is 3.48. The Morgan fingerprint density at radius 3 is 2.88 bits per heavy atom. The summed E-state index contributed by atoms with van der Waals surface area (Å²) in [5.74, 6) is 3.48. The highest BCUT2D eigenvalue weighted by molar-refractivity contribution is 5.39. The second-order valence-corrected chi connectivity index (χ2v) is 3.68. The predicted molar refractivity (Wildman–Crippen MR) is 64.4 cm³/mol. The van der Waals surface area contributed by atoms with Crippen LogP contribution in [0.2, 0.25) is 0 Å². The highest BCUT2D eigenvalue weighted by Gasteiger charge is 2.04. The average molecular weight is 219 g/mol. The molecule has 0 spiro atoms. The third-order valence-electron chi connectivity index (χ3n) is 2.36. The van der Waals surface area contributed by atoms with Gasteiger partial charge in [0.05, 0.1) is 7.11 Å². The zero-order valence-corrected chi connectivity index (χ0v) is 9.66.